The molecule has 1 N–H and O–H groups in total. The minimum Gasteiger partial charge on any atom is -0.507 e. The maximum absolute atomic E-state index is 9.43. The van der Waals surface area contributed by atoms with Gasteiger partial charge in [0, 0.05) is 5.39 Å². The Labute approximate surface area is 69.7 Å². The molecule has 0 aliphatic heterocycles. The van der Waals surface area contributed by atoms with Crippen LogP contribution in [0.3, 0.4) is 0 Å². The molecule has 2 aromatic rings. The van der Waals surface area contributed by atoms with E-state index in [0.29, 0.717) is 0 Å². The van der Waals surface area contributed by atoms with Gasteiger partial charge in [-0.25, -0.2) is 0 Å². The van der Waals surface area contributed by atoms with E-state index in [4.69, 9.17) is 0 Å². The molecule has 0 radical (unpaired) electrons. The molecule has 12 heavy (non-hydrogen) atoms. The van der Waals surface area contributed by atoms with E-state index in [1.807, 2.05) is 19.1 Å². The first-order valence-corrected chi connectivity index (χ1v) is 3.69. The molecule has 0 aliphatic rings. The number of phenolic OH excluding ortho intramolecular Hbond substituents is 1. The molecule has 0 saturated carbocycles. The Hall–Kier alpha value is -1.64. The Bertz CT molecular complexity index is 426. The van der Waals surface area contributed by atoms with E-state index in [1.165, 1.54) is 0 Å². The van der Waals surface area contributed by atoms with Crippen molar-refractivity contribution >= 4 is 10.9 Å². The van der Waals surface area contributed by atoms with Crippen LogP contribution in [0.4, 0.5) is 0 Å². The van der Waals surface area contributed by atoms with Crippen molar-refractivity contribution in [2.75, 3.05) is 0 Å². The van der Waals surface area contributed by atoms with Gasteiger partial charge in [0.15, 0.2) is 0 Å². The lowest BCUT2D eigenvalue weighted by Gasteiger charge is -1.98. The molecule has 0 unspecified atom stereocenters. The molecule has 60 valence electrons. The Morgan fingerprint density at radius 2 is 2.08 bits per heavy atom. The fourth-order valence-electron chi connectivity index (χ4n) is 1.15. The summed E-state index contributed by atoms with van der Waals surface area (Å²) in [5, 5.41) is 18.0. The first-order valence-electron chi connectivity index (χ1n) is 3.69. The lowest BCUT2D eigenvalue weighted by Crippen LogP contribution is -1.86. The second-order valence-corrected chi connectivity index (χ2v) is 2.70. The van der Waals surface area contributed by atoms with Crippen molar-refractivity contribution in [3.05, 3.63) is 30.0 Å². The van der Waals surface area contributed by atoms with E-state index in [1.54, 1.807) is 12.1 Å². The molecule has 1 aromatic heterocycles. The lowest BCUT2D eigenvalue weighted by atomic mass is 10.2. The fraction of sp³-hybridized carbons (Fsp3) is 0.111. The number of fused-ring (bicyclic) bond motifs is 1. The van der Waals surface area contributed by atoms with Gasteiger partial charge in [0.05, 0.1) is 11.2 Å². The van der Waals surface area contributed by atoms with Crippen molar-refractivity contribution in [1.29, 1.82) is 0 Å². The van der Waals surface area contributed by atoms with Crippen molar-refractivity contribution in [3.63, 3.8) is 0 Å². The SMILES string of the molecule is Cc1cc2c(O)cccc2nn1. The van der Waals surface area contributed by atoms with Crippen LogP contribution in [-0.2, 0) is 0 Å². The summed E-state index contributed by atoms with van der Waals surface area (Å²) in [5.74, 6) is 0.255. The molecular weight excluding hydrogens is 152 g/mol. The highest BCUT2D eigenvalue weighted by Gasteiger charge is 1.99. The van der Waals surface area contributed by atoms with E-state index < -0.39 is 0 Å². The number of aromatic hydroxyl groups is 1. The highest BCUT2D eigenvalue weighted by atomic mass is 16.3. The van der Waals surface area contributed by atoms with E-state index >= 15 is 0 Å². The normalized spacial score (nSPS) is 10.4. The summed E-state index contributed by atoms with van der Waals surface area (Å²) < 4.78 is 0. The molecule has 3 heteroatoms. The van der Waals surface area contributed by atoms with Crippen molar-refractivity contribution in [3.8, 4) is 5.75 Å². The van der Waals surface area contributed by atoms with Crippen LogP contribution in [0.1, 0.15) is 5.69 Å². The largest absolute Gasteiger partial charge is 0.507 e. The van der Waals surface area contributed by atoms with Gasteiger partial charge in [-0.1, -0.05) is 6.07 Å². The number of aromatic nitrogens is 2. The summed E-state index contributed by atoms with van der Waals surface area (Å²) in [6, 6.07) is 7.03. The first-order chi connectivity index (χ1) is 5.77. The van der Waals surface area contributed by atoms with E-state index in [2.05, 4.69) is 10.2 Å². The van der Waals surface area contributed by atoms with Gasteiger partial charge in [0.2, 0.25) is 0 Å². The molecule has 1 aromatic carbocycles. The van der Waals surface area contributed by atoms with Crippen LogP contribution < -0.4 is 0 Å². The summed E-state index contributed by atoms with van der Waals surface area (Å²) in [5.41, 5.74) is 1.53. The minimum atomic E-state index is 0.255. The van der Waals surface area contributed by atoms with Gasteiger partial charge < -0.3 is 5.11 Å². The van der Waals surface area contributed by atoms with Gasteiger partial charge >= 0.3 is 0 Å². The highest BCUT2D eigenvalue weighted by Crippen LogP contribution is 2.21. The number of benzene rings is 1. The van der Waals surface area contributed by atoms with E-state index in [-0.39, 0.29) is 5.75 Å². The summed E-state index contributed by atoms with van der Waals surface area (Å²) in [6.45, 7) is 1.85. The molecule has 3 nitrogen and oxygen atoms in total. The van der Waals surface area contributed by atoms with Crippen molar-refractivity contribution in [2.24, 2.45) is 0 Å². The molecule has 0 aliphatic carbocycles. The zero-order valence-corrected chi connectivity index (χ0v) is 6.65. The van der Waals surface area contributed by atoms with Crippen LogP contribution >= 0.6 is 0 Å². The maximum Gasteiger partial charge on any atom is 0.125 e. The Morgan fingerprint density at radius 3 is 2.92 bits per heavy atom. The summed E-state index contributed by atoms with van der Waals surface area (Å²) >= 11 is 0. The molecule has 0 fully saturated rings. The predicted octanol–water partition coefficient (Wildman–Crippen LogP) is 1.64. The number of rotatable bonds is 0. The minimum absolute atomic E-state index is 0.255. The van der Waals surface area contributed by atoms with Crippen molar-refractivity contribution in [2.45, 2.75) is 6.92 Å². The highest BCUT2D eigenvalue weighted by molar-refractivity contribution is 5.84. The fourth-order valence-corrected chi connectivity index (χ4v) is 1.15. The van der Waals surface area contributed by atoms with Crippen molar-refractivity contribution < 1.29 is 5.11 Å². The van der Waals surface area contributed by atoms with Crippen LogP contribution in [0, 0.1) is 6.92 Å². The third kappa shape index (κ3) is 0.993. The zero-order chi connectivity index (χ0) is 8.55. The molecule has 2 rings (SSSR count). The molecule has 0 bridgehead atoms. The Kier molecular flexibility index (Phi) is 1.43. The molecular formula is C9H8N2O. The van der Waals surface area contributed by atoms with E-state index in [0.717, 1.165) is 16.6 Å². The number of phenols is 1. The topological polar surface area (TPSA) is 46.0 Å². The molecule has 0 saturated heterocycles. The summed E-state index contributed by atoms with van der Waals surface area (Å²) in [6.07, 6.45) is 0. The second kappa shape index (κ2) is 2.44. The quantitative estimate of drug-likeness (QED) is 0.637. The van der Waals surface area contributed by atoms with Gasteiger partial charge in [-0.05, 0) is 25.1 Å². The molecule has 0 amide bonds. The number of nitrogens with zero attached hydrogens (tertiary/aromatic N) is 2. The van der Waals surface area contributed by atoms with Gasteiger partial charge in [-0.15, -0.1) is 0 Å². The lowest BCUT2D eigenvalue weighted by molar-refractivity contribution is 0.481. The standard InChI is InChI=1S/C9H8N2O/c1-6-5-7-8(11-10-6)3-2-4-9(7)12/h2-5,12H,1H3. The number of hydrogen-bond acceptors (Lipinski definition) is 3. The third-order valence-corrected chi connectivity index (χ3v) is 1.73. The average Bonchev–Trinajstić information content (AvgIpc) is 2.07. The van der Waals surface area contributed by atoms with Gasteiger partial charge in [0.1, 0.15) is 5.75 Å². The predicted molar refractivity (Wildman–Crippen MR) is 45.9 cm³/mol. The first kappa shape index (κ1) is 7.03. The zero-order valence-electron chi connectivity index (χ0n) is 6.65. The number of aryl methyl sites for hydroxylation is 1. The van der Waals surface area contributed by atoms with E-state index in [9.17, 15) is 5.11 Å². The average molecular weight is 160 g/mol. The maximum atomic E-state index is 9.43. The van der Waals surface area contributed by atoms with Crippen molar-refractivity contribution in [1.82, 2.24) is 10.2 Å². The van der Waals surface area contributed by atoms with Gasteiger partial charge in [-0.2, -0.15) is 10.2 Å². The van der Waals surface area contributed by atoms with Crippen LogP contribution in [0.2, 0.25) is 0 Å². The van der Waals surface area contributed by atoms with Crippen LogP contribution in [0.5, 0.6) is 5.75 Å². The molecule has 1 heterocycles. The summed E-state index contributed by atoms with van der Waals surface area (Å²) in [7, 11) is 0. The third-order valence-electron chi connectivity index (χ3n) is 1.73. The molecule has 0 spiro atoms. The Balaban J connectivity index is 2.88. The number of hydrogen-bond donors (Lipinski definition) is 1. The van der Waals surface area contributed by atoms with Gasteiger partial charge in [-0.3, -0.25) is 0 Å². The monoisotopic (exact) mass is 160 g/mol. The second-order valence-electron chi connectivity index (χ2n) is 2.70. The van der Waals surface area contributed by atoms with Crippen LogP contribution in [-0.4, -0.2) is 15.3 Å². The van der Waals surface area contributed by atoms with Crippen LogP contribution in [0.15, 0.2) is 24.3 Å². The van der Waals surface area contributed by atoms with Gasteiger partial charge in [0.25, 0.3) is 0 Å². The molecule has 0 atom stereocenters. The smallest absolute Gasteiger partial charge is 0.125 e. The van der Waals surface area contributed by atoms with Crippen LogP contribution in [0.25, 0.3) is 10.9 Å². The summed E-state index contributed by atoms with van der Waals surface area (Å²) in [4.78, 5) is 0. The Morgan fingerprint density at radius 1 is 1.25 bits per heavy atom.